The zero-order valence-corrected chi connectivity index (χ0v) is 14.3. The summed E-state index contributed by atoms with van der Waals surface area (Å²) in [5.41, 5.74) is 2.03. The Bertz CT molecular complexity index is 588. The summed E-state index contributed by atoms with van der Waals surface area (Å²) in [6.45, 7) is 0.657. The molecule has 0 unspecified atom stereocenters. The molecule has 4 nitrogen and oxygen atoms in total. The predicted molar refractivity (Wildman–Crippen MR) is 86.5 cm³/mol. The van der Waals surface area contributed by atoms with E-state index in [2.05, 4.69) is 42.2 Å². The largest absolute Gasteiger partial charge is 0.493 e. The third-order valence-electron chi connectivity index (χ3n) is 2.76. The Kier molecular flexibility index (Phi) is 5.25. The molecule has 0 atom stereocenters. The van der Waals surface area contributed by atoms with Gasteiger partial charge in [-0.25, -0.2) is 4.98 Å². The maximum absolute atomic E-state index is 5.31. The molecule has 0 aliphatic rings. The summed E-state index contributed by atoms with van der Waals surface area (Å²) < 4.78 is 12.3. The third-order valence-corrected chi connectivity index (χ3v) is 3.97. The summed E-state index contributed by atoms with van der Waals surface area (Å²) in [5.74, 6) is 1.41. The van der Waals surface area contributed by atoms with Gasteiger partial charge in [-0.05, 0) is 45.8 Å². The van der Waals surface area contributed by atoms with Gasteiger partial charge >= 0.3 is 0 Å². The predicted octanol–water partition coefficient (Wildman–Crippen LogP) is 4.24. The number of nitrogens with one attached hydrogen (secondary N) is 1. The second-order valence-corrected chi connectivity index (χ2v) is 5.69. The van der Waals surface area contributed by atoms with E-state index in [4.69, 9.17) is 9.47 Å². The van der Waals surface area contributed by atoms with Crippen molar-refractivity contribution in [1.29, 1.82) is 0 Å². The number of rotatable bonds is 5. The van der Waals surface area contributed by atoms with Gasteiger partial charge in [0.25, 0.3) is 0 Å². The van der Waals surface area contributed by atoms with Crippen LogP contribution in [0.2, 0.25) is 0 Å². The standard InChI is InChI=1S/C14H14Br2N2O2/c1-19-12-5-9(11(15)6-13(12)20-2)7-17-10-3-4-14(16)18-8-10/h3-6,8,17H,7H2,1-2H3. The molecule has 2 rings (SSSR count). The lowest BCUT2D eigenvalue weighted by Gasteiger charge is -2.13. The molecule has 2 aromatic rings. The van der Waals surface area contributed by atoms with Crippen LogP contribution in [0.15, 0.2) is 39.5 Å². The van der Waals surface area contributed by atoms with Crippen LogP contribution in [0.25, 0.3) is 0 Å². The number of hydrogen-bond acceptors (Lipinski definition) is 4. The first kappa shape index (κ1) is 15.1. The monoisotopic (exact) mass is 400 g/mol. The fourth-order valence-electron chi connectivity index (χ4n) is 1.71. The Morgan fingerprint density at radius 2 is 1.80 bits per heavy atom. The van der Waals surface area contributed by atoms with Crippen LogP contribution < -0.4 is 14.8 Å². The van der Waals surface area contributed by atoms with Crippen molar-refractivity contribution in [1.82, 2.24) is 4.98 Å². The van der Waals surface area contributed by atoms with Crippen LogP contribution in [-0.2, 0) is 6.54 Å². The minimum Gasteiger partial charge on any atom is -0.493 e. The zero-order chi connectivity index (χ0) is 14.5. The Hall–Kier alpha value is -1.27. The minimum absolute atomic E-state index is 0.657. The van der Waals surface area contributed by atoms with E-state index in [0.717, 1.165) is 20.3 Å². The first-order valence-electron chi connectivity index (χ1n) is 5.90. The Balaban J connectivity index is 2.14. The SMILES string of the molecule is COc1cc(Br)c(CNc2ccc(Br)nc2)cc1OC. The molecule has 106 valence electrons. The number of aromatic nitrogens is 1. The van der Waals surface area contributed by atoms with Gasteiger partial charge in [-0.1, -0.05) is 15.9 Å². The second kappa shape index (κ2) is 6.95. The smallest absolute Gasteiger partial charge is 0.161 e. The van der Waals surface area contributed by atoms with Gasteiger partial charge in [0, 0.05) is 11.0 Å². The lowest BCUT2D eigenvalue weighted by molar-refractivity contribution is 0.354. The normalized spacial score (nSPS) is 10.2. The summed E-state index contributed by atoms with van der Waals surface area (Å²) in [6.07, 6.45) is 1.78. The van der Waals surface area contributed by atoms with Crippen LogP contribution in [-0.4, -0.2) is 19.2 Å². The molecule has 1 aromatic heterocycles. The van der Waals surface area contributed by atoms with Gasteiger partial charge in [0.2, 0.25) is 0 Å². The highest BCUT2D eigenvalue weighted by atomic mass is 79.9. The van der Waals surface area contributed by atoms with Crippen molar-refractivity contribution in [2.45, 2.75) is 6.54 Å². The molecule has 0 saturated heterocycles. The summed E-state index contributed by atoms with van der Waals surface area (Å²) >= 11 is 6.85. The molecule has 0 saturated carbocycles. The van der Waals surface area contributed by atoms with Crippen LogP contribution in [0.3, 0.4) is 0 Å². The van der Waals surface area contributed by atoms with E-state index in [1.165, 1.54) is 0 Å². The molecule has 0 radical (unpaired) electrons. The molecule has 0 bridgehead atoms. The van der Waals surface area contributed by atoms with Crippen LogP contribution >= 0.6 is 31.9 Å². The first-order valence-corrected chi connectivity index (χ1v) is 7.48. The molecule has 0 fully saturated rings. The van der Waals surface area contributed by atoms with E-state index in [0.29, 0.717) is 18.0 Å². The van der Waals surface area contributed by atoms with E-state index in [-0.39, 0.29) is 0 Å². The highest BCUT2D eigenvalue weighted by Crippen LogP contribution is 2.33. The maximum Gasteiger partial charge on any atom is 0.161 e. The van der Waals surface area contributed by atoms with Crippen molar-refractivity contribution in [3.63, 3.8) is 0 Å². The number of halogens is 2. The molecular formula is C14H14Br2N2O2. The fourth-order valence-corrected chi connectivity index (χ4v) is 2.41. The lowest BCUT2D eigenvalue weighted by atomic mass is 10.2. The van der Waals surface area contributed by atoms with Crippen molar-refractivity contribution >= 4 is 37.5 Å². The average Bonchev–Trinajstić information content (AvgIpc) is 2.47. The molecule has 1 aromatic carbocycles. The van der Waals surface area contributed by atoms with Gasteiger partial charge in [0.05, 0.1) is 26.1 Å². The summed E-state index contributed by atoms with van der Waals surface area (Å²) in [4.78, 5) is 4.17. The van der Waals surface area contributed by atoms with Crippen molar-refractivity contribution in [3.05, 3.63) is 45.1 Å². The second-order valence-electron chi connectivity index (χ2n) is 4.02. The quantitative estimate of drug-likeness (QED) is 0.761. The van der Waals surface area contributed by atoms with Gasteiger partial charge in [-0.15, -0.1) is 0 Å². The number of hydrogen-bond donors (Lipinski definition) is 1. The first-order chi connectivity index (χ1) is 9.63. The topological polar surface area (TPSA) is 43.4 Å². The Labute approximate surface area is 134 Å². The molecule has 0 amide bonds. The number of nitrogens with zero attached hydrogens (tertiary/aromatic N) is 1. The van der Waals surface area contributed by atoms with E-state index in [1.807, 2.05) is 24.3 Å². The number of ether oxygens (including phenoxy) is 2. The van der Waals surface area contributed by atoms with E-state index < -0.39 is 0 Å². The molecule has 20 heavy (non-hydrogen) atoms. The highest BCUT2D eigenvalue weighted by Gasteiger charge is 2.09. The van der Waals surface area contributed by atoms with Gasteiger partial charge < -0.3 is 14.8 Å². The van der Waals surface area contributed by atoms with Crippen molar-refractivity contribution < 1.29 is 9.47 Å². The lowest BCUT2D eigenvalue weighted by Crippen LogP contribution is -2.02. The van der Waals surface area contributed by atoms with E-state index in [9.17, 15) is 0 Å². The zero-order valence-electron chi connectivity index (χ0n) is 11.1. The van der Waals surface area contributed by atoms with Gasteiger partial charge in [-0.3, -0.25) is 0 Å². The van der Waals surface area contributed by atoms with E-state index >= 15 is 0 Å². The summed E-state index contributed by atoms with van der Waals surface area (Å²) in [7, 11) is 3.25. The summed E-state index contributed by atoms with van der Waals surface area (Å²) in [6, 6.07) is 7.70. The molecule has 1 N–H and O–H groups in total. The van der Waals surface area contributed by atoms with E-state index in [1.54, 1.807) is 20.4 Å². The van der Waals surface area contributed by atoms with Gasteiger partial charge in [-0.2, -0.15) is 0 Å². The number of anilines is 1. The molecular weight excluding hydrogens is 388 g/mol. The average molecular weight is 402 g/mol. The minimum atomic E-state index is 0.657. The highest BCUT2D eigenvalue weighted by molar-refractivity contribution is 9.10. The van der Waals surface area contributed by atoms with Gasteiger partial charge in [0.15, 0.2) is 11.5 Å². The van der Waals surface area contributed by atoms with Crippen LogP contribution in [0, 0.1) is 0 Å². The van der Waals surface area contributed by atoms with Crippen LogP contribution in [0.4, 0.5) is 5.69 Å². The summed E-state index contributed by atoms with van der Waals surface area (Å²) in [5, 5.41) is 3.31. The fraction of sp³-hybridized carbons (Fsp3) is 0.214. The molecule has 0 aliphatic heterocycles. The van der Waals surface area contributed by atoms with Crippen LogP contribution in [0.1, 0.15) is 5.56 Å². The molecule has 0 spiro atoms. The number of pyridine rings is 1. The van der Waals surface area contributed by atoms with Crippen molar-refractivity contribution in [2.75, 3.05) is 19.5 Å². The molecule has 1 heterocycles. The third kappa shape index (κ3) is 3.64. The van der Waals surface area contributed by atoms with Gasteiger partial charge in [0.1, 0.15) is 4.60 Å². The Morgan fingerprint density at radius 1 is 1.10 bits per heavy atom. The molecule has 0 aliphatic carbocycles. The Morgan fingerprint density at radius 3 is 2.40 bits per heavy atom. The van der Waals surface area contributed by atoms with Crippen LogP contribution in [0.5, 0.6) is 11.5 Å². The molecule has 6 heteroatoms. The van der Waals surface area contributed by atoms with Crippen molar-refractivity contribution in [3.8, 4) is 11.5 Å². The maximum atomic E-state index is 5.31. The number of methoxy groups -OCH3 is 2. The number of benzene rings is 1. The van der Waals surface area contributed by atoms with Crippen molar-refractivity contribution in [2.24, 2.45) is 0 Å².